The Bertz CT molecular complexity index is 1170. The molecule has 2 aromatic carbocycles. The lowest BCUT2D eigenvalue weighted by atomic mass is 9.81. The Labute approximate surface area is 211 Å². The van der Waals surface area contributed by atoms with Crippen molar-refractivity contribution in [1.82, 2.24) is 10.2 Å². The lowest BCUT2D eigenvalue weighted by Crippen LogP contribution is -2.46. The Hall–Kier alpha value is -3.39. The number of hydrogen-bond donors (Lipinski definition) is 3. The molecule has 0 aliphatic carbocycles. The molecule has 2 aliphatic rings. The van der Waals surface area contributed by atoms with Crippen LogP contribution < -0.4 is 15.8 Å². The highest BCUT2D eigenvalue weighted by Crippen LogP contribution is 2.48. The van der Waals surface area contributed by atoms with Crippen LogP contribution in [-0.4, -0.2) is 47.2 Å². The fourth-order valence-electron chi connectivity index (χ4n) is 5.24. The largest absolute Gasteiger partial charge is 0.507 e. The number of phenols is 1. The Balaban J connectivity index is 1.42. The molecule has 0 aromatic heterocycles. The molecule has 0 fully saturated rings. The molecule has 7 nitrogen and oxygen atoms in total. The molecular formula is C28H34FN3O4. The van der Waals surface area contributed by atoms with Gasteiger partial charge in [0.2, 0.25) is 5.91 Å². The number of halogens is 1. The smallest absolute Gasteiger partial charge is 0.318 e. The lowest BCUT2D eigenvalue weighted by Gasteiger charge is -2.42. The van der Waals surface area contributed by atoms with Gasteiger partial charge in [0.1, 0.15) is 22.9 Å². The van der Waals surface area contributed by atoms with E-state index in [0.29, 0.717) is 30.8 Å². The van der Waals surface area contributed by atoms with Crippen LogP contribution in [0.3, 0.4) is 0 Å². The first kappa shape index (κ1) is 25.7. The Morgan fingerprint density at radius 3 is 2.50 bits per heavy atom. The van der Waals surface area contributed by atoms with E-state index in [1.807, 2.05) is 43.0 Å². The average molecular weight is 496 g/mol. The van der Waals surface area contributed by atoms with Crippen molar-refractivity contribution >= 4 is 17.5 Å². The van der Waals surface area contributed by atoms with Crippen LogP contribution in [0.15, 0.2) is 42.0 Å². The highest BCUT2D eigenvalue weighted by atomic mass is 19.1. The van der Waals surface area contributed by atoms with Gasteiger partial charge in [0.15, 0.2) is 0 Å². The van der Waals surface area contributed by atoms with Gasteiger partial charge in [-0.05, 0) is 92.5 Å². The summed E-state index contributed by atoms with van der Waals surface area (Å²) >= 11 is 0. The topological polar surface area (TPSA) is 105 Å². The SMILES string of the molecule is CC1(C)Oc2cc(CCCCCc3ccc(F)cc3)cc(O)c2C2=C1CCN(CC(=O)NC(N)=O)C2. The van der Waals surface area contributed by atoms with Crippen LogP contribution >= 0.6 is 0 Å². The summed E-state index contributed by atoms with van der Waals surface area (Å²) in [7, 11) is 0. The molecule has 36 heavy (non-hydrogen) atoms. The van der Waals surface area contributed by atoms with Crippen LogP contribution in [0.25, 0.3) is 5.57 Å². The summed E-state index contributed by atoms with van der Waals surface area (Å²) in [5.41, 5.74) is 9.46. The number of hydrogen-bond acceptors (Lipinski definition) is 5. The van der Waals surface area contributed by atoms with Crippen molar-refractivity contribution in [3.63, 3.8) is 0 Å². The van der Waals surface area contributed by atoms with Crippen molar-refractivity contribution in [2.45, 2.75) is 58.0 Å². The molecule has 0 saturated heterocycles. The molecule has 0 spiro atoms. The van der Waals surface area contributed by atoms with Gasteiger partial charge >= 0.3 is 6.03 Å². The van der Waals surface area contributed by atoms with E-state index in [-0.39, 0.29) is 18.1 Å². The van der Waals surface area contributed by atoms with E-state index >= 15 is 0 Å². The average Bonchev–Trinajstić information content (AvgIpc) is 2.78. The zero-order chi connectivity index (χ0) is 25.9. The van der Waals surface area contributed by atoms with Gasteiger partial charge in [-0.1, -0.05) is 18.6 Å². The molecule has 0 atom stereocenters. The number of nitrogens with one attached hydrogen (secondary N) is 1. The number of benzene rings is 2. The number of primary amides is 1. The molecule has 3 amide bonds. The number of unbranched alkanes of at least 4 members (excludes halogenated alkanes) is 2. The predicted octanol–water partition coefficient (Wildman–Crippen LogP) is 4.31. The van der Waals surface area contributed by atoms with Crippen LogP contribution in [0.2, 0.25) is 0 Å². The van der Waals surface area contributed by atoms with Crippen molar-refractivity contribution in [3.8, 4) is 11.5 Å². The molecule has 0 bridgehead atoms. The minimum atomic E-state index is -0.866. The highest BCUT2D eigenvalue weighted by Gasteiger charge is 2.39. The number of urea groups is 1. The number of nitrogens with two attached hydrogens (primary N) is 1. The summed E-state index contributed by atoms with van der Waals surface area (Å²) in [6.07, 6.45) is 5.44. The first-order chi connectivity index (χ1) is 17.1. The fraction of sp³-hybridized carbons (Fsp3) is 0.429. The maximum Gasteiger partial charge on any atom is 0.318 e. The molecule has 2 aromatic rings. The van der Waals surface area contributed by atoms with Crippen LogP contribution in [-0.2, 0) is 17.6 Å². The highest BCUT2D eigenvalue weighted by molar-refractivity contribution is 5.94. The maximum absolute atomic E-state index is 13.1. The minimum Gasteiger partial charge on any atom is -0.507 e. The van der Waals surface area contributed by atoms with E-state index in [2.05, 4.69) is 5.32 Å². The van der Waals surface area contributed by atoms with Crippen LogP contribution in [0.1, 0.15) is 56.2 Å². The predicted molar refractivity (Wildman–Crippen MR) is 136 cm³/mol. The summed E-state index contributed by atoms with van der Waals surface area (Å²) in [4.78, 5) is 25.0. The van der Waals surface area contributed by atoms with Gasteiger partial charge < -0.3 is 15.6 Å². The zero-order valence-corrected chi connectivity index (χ0v) is 20.9. The number of phenolic OH excluding ortho intramolecular Hbond substituents is 1. The number of fused-ring (bicyclic) bond motifs is 2. The summed E-state index contributed by atoms with van der Waals surface area (Å²) in [5, 5.41) is 13.1. The van der Waals surface area contributed by atoms with Gasteiger partial charge in [-0.2, -0.15) is 0 Å². The van der Waals surface area contributed by atoms with E-state index in [1.165, 1.54) is 12.1 Å². The summed E-state index contributed by atoms with van der Waals surface area (Å²) < 4.78 is 19.4. The first-order valence-corrected chi connectivity index (χ1v) is 12.5. The van der Waals surface area contributed by atoms with Gasteiger partial charge in [-0.25, -0.2) is 9.18 Å². The van der Waals surface area contributed by atoms with Gasteiger partial charge in [0.25, 0.3) is 0 Å². The van der Waals surface area contributed by atoms with E-state index < -0.39 is 17.5 Å². The van der Waals surface area contributed by atoms with Crippen LogP contribution in [0.5, 0.6) is 11.5 Å². The van der Waals surface area contributed by atoms with Gasteiger partial charge in [-0.3, -0.25) is 15.0 Å². The molecule has 4 rings (SSSR count). The number of imide groups is 1. The number of aromatic hydroxyl groups is 1. The number of carbonyl (C=O) groups excluding carboxylic acids is 2. The van der Waals surface area contributed by atoms with Crippen molar-refractivity contribution in [2.75, 3.05) is 19.6 Å². The normalized spacial score (nSPS) is 16.6. The summed E-state index contributed by atoms with van der Waals surface area (Å²) in [6.45, 7) is 5.22. The van der Waals surface area contributed by atoms with Crippen LogP contribution in [0.4, 0.5) is 9.18 Å². The van der Waals surface area contributed by atoms with E-state index in [1.54, 1.807) is 0 Å². The Kier molecular flexibility index (Phi) is 7.64. The molecule has 192 valence electrons. The van der Waals surface area contributed by atoms with Gasteiger partial charge in [0.05, 0.1) is 12.1 Å². The number of amides is 3. The lowest BCUT2D eigenvalue weighted by molar-refractivity contribution is -0.121. The summed E-state index contributed by atoms with van der Waals surface area (Å²) in [5.74, 6) is 0.176. The Morgan fingerprint density at radius 2 is 1.81 bits per heavy atom. The van der Waals surface area contributed by atoms with Gasteiger partial charge in [-0.15, -0.1) is 0 Å². The van der Waals surface area contributed by atoms with E-state index in [4.69, 9.17) is 10.5 Å². The number of carbonyl (C=O) groups is 2. The van der Waals surface area contributed by atoms with Crippen molar-refractivity contribution in [3.05, 3.63) is 64.5 Å². The van der Waals surface area contributed by atoms with E-state index in [0.717, 1.165) is 54.4 Å². The molecule has 2 heterocycles. The number of rotatable bonds is 8. The number of ether oxygens (including phenoxy) is 1. The minimum absolute atomic E-state index is 0.0487. The molecule has 0 radical (unpaired) electrons. The second-order valence-electron chi connectivity index (χ2n) is 10.1. The maximum atomic E-state index is 13.1. The standard InChI is InChI=1S/C28H34FN3O4/c1-28(2)22-12-13-32(17-25(34)31-27(30)35)16-21(22)26-23(33)14-19(15-24(26)36-28)7-5-3-4-6-18-8-10-20(29)11-9-18/h8-11,14-15,33H,3-7,12-13,16-17H2,1-2H3,(H3,30,31,34,35). The third-order valence-electron chi connectivity index (χ3n) is 6.93. The quantitative estimate of drug-likeness (QED) is 0.474. The number of aryl methyl sites for hydroxylation is 2. The molecule has 4 N–H and O–H groups in total. The Morgan fingerprint density at radius 1 is 1.11 bits per heavy atom. The molecule has 0 unspecified atom stereocenters. The third-order valence-corrected chi connectivity index (χ3v) is 6.93. The van der Waals surface area contributed by atoms with Crippen molar-refractivity contribution in [1.29, 1.82) is 0 Å². The molecule has 2 aliphatic heterocycles. The second kappa shape index (κ2) is 10.7. The summed E-state index contributed by atoms with van der Waals surface area (Å²) in [6, 6.07) is 9.60. The van der Waals surface area contributed by atoms with E-state index in [9.17, 15) is 19.1 Å². The van der Waals surface area contributed by atoms with Crippen LogP contribution in [0, 0.1) is 5.82 Å². The fourth-order valence-corrected chi connectivity index (χ4v) is 5.24. The number of nitrogens with zero attached hydrogens (tertiary/aromatic N) is 1. The van der Waals surface area contributed by atoms with Crippen molar-refractivity contribution < 1.29 is 23.8 Å². The second-order valence-corrected chi connectivity index (χ2v) is 10.1. The third kappa shape index (κ3) is 6.05. The zero-order valence-electron chi connectivity index (χ0n) is 20.9. The first-order valence-electron chi connectivity index (χ1n) is 12.5. The molecule has 8 heteroatoms. The molecule has 0 saturated carbocycles. The monoisotopic (exact) mass is 495 g/mol. The van der Waals surface area contributed by atoms with Gasteiger partial charge in [0, 0.05) is 13.1 Å². The molecular weight excluding hydrogens is 461 g/mol. The van der Waals surface area contributed by atoms with Crippen molar-refractivity contribution in [2.24, 2.45) is 5.73 Å².